The summed E-state index contributed by atoms with van der Waals surface area (Å²) in [5.41, 5.74) is 6.03. The molecule has 7 nitrogen and oxygen atoms in total. The van der Waals surface area contributed by atoms with E-state index in [4.69, 9.17) is 12.2 Å². The van der Waals surface area contributed by atoms with Gasteiger partial charge in [-0.25, -0.2) is 0 Å². The largest absolute Gasteiger partial charge is 0.326 e. The monoisotopic (exact) mass is 418 g/mol. The van der Waals surface area contributed by atoms with Gasteiger partial charge in [-0.1, -0.05) is 39.0 Å². The van der Waals surface area contributed by atoms with E-state index in [1.165, 1.54) is 32.1 Å². The van der Waals surface area contributed by atoms with E-state index in [-0.39, 0.29) is 16.9 Å². The molecule has 1 aromatic carbocycles. The smallest absolute Gasteiger partial charge is 0.269 e. The Kier molecular flexibility index (Phi) is 9.56. The molecule has 1 aliphatic carbocycles. The molecule has 0 saturated heterocycles. The molecule has 0 spiro atoms. The van der Waals surface area contributed by atoms with Crippen molar-refractivity contribution in [1.29, 1.82) is 0 Å². The van der Waals surface area contributed by atoms with Crippen LogP contribution in [0.2, 0.25) is 0 Å². The third kappa shape index (κ3) is 8.60. The van der Waals surface area contributed by atoms with Crippen LogP contribution in [0.15, 0.2) is 24.3 Å². The molecule has 29 heavy (non-hydrogen) atoms. The zero-order chi connectivity index (χ0) is 21.1. The van der Waals surface area contributed by atoms with E-state index >= 15 is 0 Å². The Labute approximate surface area is 177 Å². The first-order valence-corrected chi connectivity index (χ1v) is 10.7. The van der Waals surface area contributed by atoms with E-state index in [9.17, 15) is 14.4 Å². The van der Waals surface area contributed by atoms with Crippen molar-refractivity contribution >= 4 is 40.7 Å². The topological polar surface area (TPSA) is 99.3 Å². The van der Waals surface area contributed by atoms with Crippen molar-refractivity contribution in [2.75, 3.05) is 5.32 Å². The number of rotatable bonds is 7. The lowest BCUT2D eigenvalue weighted by Gasteiger charge is -2.21. The third-order valence-electron chi connectivity index (χ3n) is 4.95. The summed E-state index contributed by atoms with van der Waals surface area (Å²) in [4.78, 5) is 35.8. The Morgan fingerprint density at radius 1 is 0.966 bits per heavy atom. The minimum Gasteiger partial charge on any atom is -0.326 e. The van der Waals surface area contributed by atoms with Crippen LogP contribution in [0.25, 0.3) is 0 Å². The van der Waals surface area contributed by atoms with E-state index < -0.39 is 5.91 Å². The molecule has 8 heteroatoms. The average molecular weight is 419 g/mol. The Morgan fingerprint density at radius 3 is 2.31 bits per heavy atom. The first-order chi connectivity index (χ1) is 14.0. The predicted molar refractivity (Wildman–Crippen MR) is 117 cm³/mol. The summed E-state index contributed by atoms with van der Waals surface area (Å²) < 4.78 is 0. The van der Waals surface area contributed by atoms with E-state index in [0.29, 0.717) is 30.0 Å². The van der Waals surface area contributed by atoms with Gasteiger partial charge in [0.1, 0.15) is 0 Å². The van der Waals surface area contributed by atoms with E-state index in [1.807, 2.05) is 6.92 Å². The summed E-state index contributed by atoms with van der Waals surface area (Å²) in [6.45, 7) is 1.93. The van der Waals surface area contributed by atoms with Crippen LogP contribution >= 0.6 is 12.2 Å². The number of benzene rings is 1. The van der Waals surface area contributed by atoms with Gasteiger partial charge in [-0.15, -0.1) is 0 Å². The molecule has 4 N–H and O–H groups in total. The molecule has 0 unspecified atom stereocenters. The van der Waals surface area contributed by atoms with Crippen LogP contribution in [0.3, 0.4) is 0 Å². The Hall–Kier alpha value is -2.48. The van der Waals surface area contributed by atoms with Gasteiger partial charge in [0, 0.05) is 24.1 Å². The van der Waals surface area contributed by atoms with Gasteiger partial charge < -0.3 is 10.6 Å². The number of thiocarbonyl (C=S) groups is 1. The van der Waals surface area contributed by atoms with Gasteiger partial charge in [0.25, 0.3) is 5.91 Å². The van der Waals surface area contributed by atoms with Gasteiger partial charge in [0.2, 0.25) is 11.8 Å². The average Bonchev–Trinajstić information content (AvgIpc) is 2.72. The number of carbonyl (C=O) groups is 3. The molecule has 3 amide bonds. The van der Waals surface area contributed by atoms with Crippen LogP contribution in [-0.2, 0) is 9.59 Å². The highest BCUT2D eigenvalue weighted by atomic mass is 32.1. The summed E-state index contributed by atoms with van der Waals surface area (Å²) in [7, 11) is 0. The fourth-order valence-electron chi connectivity index (χ4n) is 3.37. The van der Waals surface area contributed by atoms with Crippen molar-refractivity contribution in [2.45, 2.75) is 64.7 Å². The maximum absolute atomic E-state index is 12.2. The fraction of sp³-hybridized carbons (Fsp3) is 0.524. The van der Waals surface area contributed by atoms with E-state index in [1.54, 1.807) is 24.3 Å². The molecule has 1 saturated carbocycles. The molecule has 0 heterocycles. The number of nitrogens with one attached hydrogen (secondary N) is 4. The van der Waals surface area contributed by atoms with Gasteiger partial charge in [-0.05, 0) is 55.2 Å². The highest BCUT2D eigenvalue weighted by Gasteiger charge is 2.15. The number of anilines is 1. The fourth-order valence-corrected chi connectivity index (χ4v) is 3.54. The quantitative estimate of drug-likeness (QED) is 0.402. The van der Waals surface area contributed by atoms with Crippen LogP contribution < -0.4 is 21.5 Å². The molecule has 158 valence electrons. The maximum Gasteiger partial charge on any atom is 0.269 e. The lowest BCUT2D eigenvalue weighted by molar-refractivity contribution is -0.120. The second kappa shape index (κ2) is 12.2. The van der Waals surface area contributed by atoms with Crippen LogP contribution in [0.4, 0.5) is 5.69 Å². The molecule has 0 bridgehead atoms. The van der Waals surface area contributed by atoms with Crippen molar-refractivity contribution in [3.05, 3.63) is 29.8 Å². The number of hydrogen-bond donors (Lipinski definition) is 4. The number of hydrogen-bond acceptors (Lipinski definition) is 4. The molecule has 1 fully saturated rings. The van der Waals surface area contributed by atoms with Gasteiger partial charge >= 0.3 is 0 Å². The van der Waals surface area contributed by atoms with Crippen molar-refractivity contribution in [3.63, 3.8) is 0 Å². The normalized spacial score (nSPS) is 14.0. The van der Waals surface area contributed by atoms with Gasteiger partial charge in [-0.3, -0.25) is 25.2 Å². The summed E-state index contributed by atoms with van der Waals surface area (Å²) in [6, 6.07) is 6.52. The lowest BCUT2D eigenvalue weighted by Crippen LogP contribution is -2.48. The zero-order valence-electron chi connectivity index (χ0n) is 16.9. The summed E-state index contributed by atoms with van der Waals surface area (Å²) in [6.07, 6.45) is 8.75. The number of amides is 3. The van der Waals surface area contributed by atoms with Crippen LogP contribution in [0.5, 0.6) is 0 Å². The second-order valence-corrected chi connectivity index (χ2v) is 7.78. The highest BCUT2D eigenvalue weighted by molar-refractivity contribution is 7.80. The Balaban J connectivity index is 1.68. The molecule has 0 atom stereocenters. The second-order valence-electron chi connectivity index (χ2n) is 7.37. The third-order valence-corrected chi connectivity index (χ3v) is 5.16. The summed E-state index contributed by atoms with van der Waals surface area (Å²) >= 11 is 5.06. The van der Waals surface area contributed by atoms with E-state index in [2.05, 4.69) is 21.5 Å². The molecule has 2 rings (SSSR count). The van der Waals surface area contributed by atoms with Crippen LogP contribution in [0.1, 0.15) is 75.1 Å². The number of carbonyl (C=O) groups excluding carboxylic acids is 3. The van der Waals surface area contributed by atoms with Gasteiger partial charge in [-0.2, -0.15) is 0 Å². The standard InChI is InChI=1S/C21H30N4O3S/c1-2-6-18(26)22-17-12-10-16(11-13-17)20(28)24-25-21(29)23-19(27)14-9-15-7-4-3-5-8-15/h10-13,15H,2-9,14H2,1H3,(H,22,26)(H,24,28)(H2,23,25,27,29). The SMILES string of the molecule is CCCC(=O)Nc1ccc(C(=O)NNC(=S)NC(=O)CCC2CCCCC2)cc1. The minimum absolute atomic E-state index is 0.0593. The first kappa shape index (κ1) is 22.8. The molecule has 0 aliphatic heterocycles. The molecule has 1 aromatic rings. The first-order valence-electron chi connectivity index (χ1n) is 10.3. The lowest BCUT2D eigenvalue weighted by atomic mass is 9.86. The molecule has 1 aliphatic rings. The Bertz CT molecular complexity index is 715. The Morgan fingerprint density at radius 2 is 1.66 bits per heavy atom. The van der Waals surface area contributed by atoms with E-state index in [0.717, 1.165) is 12.8 Å². The predicted octanol–water partition coefficient (Wildman–Crippen LogP) is 3.42. The highest BCUT2D eigenvalue weighted by Crippen LogP contribution is 2.27. The summed E-state index contributed by atoms with van der Waals surface area (Å²) in [5.74, 6) is 0.0335. The summed E-state index contributed by atoms with van der Waals surface area (Å²) in [5, 5.41) is 5.42. The van der Waals surface area contributed by atoms with Gasteiger partial charge in [0.05, 0.1) is 0 Å². The van der Waals surface area contributed by atoms with Crippen molar-refractivity contribution in [3.8, 4) is 0 Å². The molecule has 0 aromatic heterocycles. The molecular formula is C21H30N4O3S. The maximum atomic E-state index is 12.2. The van der Waals surface area contributed by atoms with Crippen LogP contribution in [0, 0.1) is 5.92 Å². The molecule has 0 radical (unpaired) electrons. The number of hydrazine groups is 1. The minimum atomic E-state index is -0.393. The van der Waals surface area contributed by atoms with Gasteiger partial charge in [0.15, 0.2) is 5.11 Å². The van der Waals surface area contributed by atoms with Crippen molar-refractivity contribution in [1.82, 2.24) is 16.2 Å². The zero-order valence-corrected chi connectivity index (χ0v) is 17.7. The van der Waals surface area contributed by atoms with Crippen LogP contribution in [-0.4, -0.2) is 22.8 Å². The molecular weight excluding hydrogens is 388 g/mol. The van der Waals surface area contributed by atoms with Crippen molar-refractivity contribution in [2.24, 2.45) is 5.92 Å². The van der Waals surface area contributed by atoms with Crippen molar-refractivity contribution < 1.29 is 14.4 Å².